The molecule has 10 heteroatoms. The second-order valence-electron chi connectivity index (χ2n) is 5.85. The molecule has 28 heavy (non-hydrogen) atoms. The third kappa shape index (κ3) is 4.11. The highest BCUT2D eigenvalue weighted by Gasteiger charge is 2.21. The van der Waals surface area contributed by atoms with E-state index in [1.54, 1.807) is 24.3 Å². The van der Waals surface area contributed by atoms with E-state index in [-0.39, 0.29) is 12.1 Å². The zero-order valence-corrected chi connectivity index (χ0v) is 14.5. The number of esters is 1. The number of rotatable bonds is 6. The third-order valence-corrected chi connectivity index (χ3v) is 3.85. The van der Waals surface area contributed by atoms with Crippen molar-refractivity contribution in [1.82, 2.24) is 5.16 Å². The van der Waals surface area contributed by atoms with Gasteiger partial charge in [-0.1, -0.05) is 17.3 Å². The smallest absolute Gasteiger partial charge is 0.312 e. The standard InChI is InChI=1S/C18H14FN3O6/c1-10(18(24)20-11-6-7-13(19)15(8-11)22(25)26)27-17(23)9-14-12-4-2-3-5-16(12)28-21-14/h2-8,10H,9H2,1H3,(H,20,24). The lowest BCUT2D eigenvalue weighted by Gasteiger charge is -2.13. The van der Waals surface area contributed by atoms with Crippen LogP contribution in [0.3, 0.4) is 0 Å². The summed E-state index contributed by atoms with van der Waals surface area (Å²) < 4.78 is 23.5. The molecule has 1 unspecified atom stereocenters. The Kier molecular flexibility index (Phi) is 5.30. The maximum absolute atomic E-state index is 13.3. The minimum Gasteiger partial charge on any atom is -0.452 e. The predicted molar refractivity (Wildman–Crippen MR) is 95.0 cm³/mol. The molecule has 0 saturated heterocycles. The van der Waals surface area contributed by atoms with Gasteiger partial charge >= 0.3 is 11.7 Å². The van der Waals surface area contributed by atoms with Crippen molar-refractivity contribution in [2.24, 2.45) is 0 Å². The lowest BCUT2D eigenvalue weighted by Crippen LogP contribution is -2.30. The molecule has 1 atom stereocenters. The van der Waals surface area contributed by atoms with Crippen molar-refractivity contribution < 1.29 is 28.2 Å². The minimum absolute atomic E-state index is 0.00324. The van der Waals surface area contributed by atoms with E-state index in [9.17, 15) is 24.1 Å². The van der Waals surface area contributed by atoms with Crippen molar-refractivity contribution >= 4 is 34.2 Å². The van der Waals surface area contributed by atoms with E-state index in [4.69, 9.17) is 9.26 Å². The zero-order valence-electron chi connectivity index (χ0n) is 14.5. The highest BCUT2D eigenvalue weighted by Crippen LogP contribution is 2.22. The first-order valence-electron chi connectivity index (χ1n) is 8.12. The van der Waals surface area contributed by atoms with Crippen LogP contribution in [0.2, 0.25) is 0 Å². The molecule has 1 N–H and O–H groups in total. The first-order valence-corrected chi connectivity index (χ1v) is 8.12. The summed E-state index contributed by atoms with van der Waals surface area (Å²) in [6.07, 6.45) is -1.38. The normalized spacial score (nSPS) is 11.8. The Morgan fingerprint density at radius 3 is 2.82 bits per heavy atom. The number of carbonyl (C=O) groups is 2. The highest BCUT2D eigenvalue weighted by atomic mass is 19.1. The van der Waals surface area contributed by atoms with Crippen LogP contribution in [0.4, 0.5) is 15.8 Å². The SMILES string of the molecule is CC(OC(=O)Cc1noc2ccccc12)C(=O)Nc1ccc(F)c([N+](=O)[O-])c1. The van der Waals surface area contributed by atoms with Gasteiger partial charge in [0.2, 0.25) is 5.82 Å². The van der Waals surface area contributed by atoms with Crippen LogP contribution in [0.25, 0.3) is 11.0 Å². The van der Waals surface area contributed by atoms with Crippen LogP contribution in [0, 0.1) is 15.9 Å². The summed E-state index contributed by atoms with van der Waals surface area (Å²) in [4.78, 5) is 34.1. The maximum Gasteiger partial charge on any atom is 0.312 e. The average Bonchev–Trinajstić information content (AvgIpc) is 3.06. The molecule has 1 heterocycles. The molecule has 0 aliphatic carbocycles. The molecule has 144 valence electrons. The Labute approximate surface area is 157 Å². The number of anilines is 1. The molecule has 0 bridgehead atoms. The van der Waals surface area contributed by atoms with Crippen LogP contribution in [-0.4, -0.2) is 28.1 Å². The van der Waals surface area contributed by atoms with Crippen molar-refractivity contribution in [3.05, 3.63) is 64.1 Å². The van der Waals surface area contributed by atoms with Crippen molar-refractivity contribution in [3.63, 3.8) is 0 Å². The average molecular weight is 387 g/mol. The number of nitro groups is 1. The number of benzene rings is 2. The van der Waals surface area contributed by atoms with Gasteiger partial charge in [0.25, 0.3) is 5.91 Å². The molecule has 1 aromatic heterocycles. The van der Waals surface area contributed by atoms with Crippen LogP contribution in [-0.2, 0) is 20.7 Å². The van der Waals surface area contributed by atoms with E-state index in [0.29, 0.717) is 16.7 Å². The first-order chi connectivity index (χ1) is 13.3. The monoisotopic (exact) mass is 387 g/mol. The van der Waals surface area contributed by atoms with Gasteiger partial charge in [0.05, 0.1) is 11.3 Å². The fraction of sp³-hybridized carbons (Fsp3) is 0.167. The minimum atomic E-state index is -1.19. The number of nitrogens with zero attached hydrogens (tertiary/aromatic N) is 2. The molecule has 0 spiro atoms. The van der Waals surface area contributed by atoms with Gasteiger partial charge in [-0.3, -0.25) is 19.7 Å². The summed E-state index contributed by atoms with van der Waals surface area (Å²) in [5, 5.41) is 17.6. The molecule has 3 aromatic rings. The second kappa shape index (κ2) is 7.82. The van der Waals surface area contributed by atoms with Crippen LogP contribution in [0.5, 0.6) is 0 Å². The second-order valence-corrected chi connectivity index (χ2v) is 5.85. The molecular weight excluding hydrogens is 373 g/mol. The van der Waals surface area contributed by atoms with Crippen LogP contribution < -0.4 is 5.32 Å². The number of amides is 1. The number of hydrogen-bond acceptors (Lipinski definition) is 7. The quantitative estimate of drug-likeness (QED) is 0.391. The van der Waals surface area contributed by atoms with Gasteiger partial charge in [0, 0.05) is 17.1 Å². The van der Waals surface area contributed by atoms with E-state index in [1.807, 2.05) is 0 Å². The number of nitro benzene ring substituents is 1. The summed E-state index contributed by atoms with van der Waals surface area (Å²) in [6, 6.07) is 9.88. The summed E-state index contributed by atoms with van der Waals surface area (Å²) in [5.74, 6) is -2.45. The fourth-order valence-corrected chi connectivity index (χ4v) is 2.47. The maximum atomic E-state index is 13.3. The van der Waals surface area contributed by atoms with Crippen molar-refractivity contribution in [2.75, 3.05) is 5.32 Å². The number of ether oxygens (including phenoxy) is 1. The Bertz CT molecular complexity index is 1060. The van der Waals surface area contributed by atoms with Gasteiger partial charge in [0.1, 0.15) is 5.69 Å². The van der Waals surface area contributed by atoms with Crippen LogP contribution in [0.15, 0.2) is 47.0 Å². The van der Waals surface area contributed by atoms with E-state index in [1.165, 1.54) is 6.92 Å². The van der Waals surface area contributed by atoms with E-state index >= 15 is 0 Å². The van der Waals surface area contributed by atoms with Gasteiger partial charge in [-0.05, 0) is 31.2 Å². The Hall–Kier alpha value is -3.82. The molecule has 1 amide bonds. The predicted octanol–water partition coefficient (Wildman–Crippen LogP) is 2.99. The molecule has 0 fully saturated rings. The van der Waals surface area contributed by atoms with Crippen LogP contribution in [0.1, 0.15) is 12.6 Å². The number of carbonyl (C=O) groups excluding carboxylic acids is 2. The number of hydrogen-bond donors (Lipinski definition) is 1. The van der Waals surface area contributed by atoms with Crippen molar-refractivity contribution in [1.29, 1.82) is 0 Å². The van der Waals surface area contributed by atoms with Gasteiger partial charge in [-0.25, -0.2) is 0 Å². The molecule has 0 saturated carbocycles. The van der Waals surface area contributed by atoms with Gasteiger partial charge in [-0.2, -0.15) is 4.39 Å². The Morgan fingerprint density at radius 2 is 2.07 bits per heavy atom. The largest absolute Gasteiger partial charge is 0.452 e. The molecule has 0 aliphatic rings. The number of fused-ring (bicyclic) bond motifs is 1. The number of halogens is 1. The molecule has 3 rings (SSSR count). The lowest BCUT2D eigenvalue weighted by atomic mass is 10.2. The summed E-state index contributed by atoms with van der Waals surface area (Å²) in [6.45, 7) is 1.34. The zero-order chi connectivity index (χ0) is 20.3. The topological polar surface area (TPSA) is 125 Å². The summed E-state index contributed by atoms with van der Waals surface area (Å²) in [7, 11) is 0. The molecule has 2 aromatic carbocycles. The van der Waals surface area contributed by atoms with Crippen molar-refractivity contribution in [2.45, 2.75) is 19.4 Å². The molecule has 0 aliphatic heterocycles. The molecule has 0 radical (unpaired) electrons. The van der Waals surface area contributed by atoms with E-state index in [2.05, 4.69) is 10.5 Å². The van der Waals surface area contributed by atoms with Gasteiger partial charge in [0.15, 0.2) is 11.7 Å². The number of para-hydroxylation sites is 1. The summed E-state index contributed by atoms with van der Waals surface area (Å²) >= 11 is 0. The molecule has 9 nitrogen and oxygen atoms in total. The Morgan fingerprint density at radius 1 is 1.32 bits per heavy atom. The van der Waals surface area contributed by atoms with E-state index < -0.39 is 34.4 Å². The number of nitrogens with one attached hydrogen (secondary N) is 1. The van der Waals surface area contributed by atoms with Crippen molar-refractivity contribution in [3.8, 4) is 0 Å². The summed E-state index contributed by atoms with van der Waals surface area (Å²) in [5.41, 5.74) is 0.125. The molecular formula is C18H14FN3O6. The highest BCUT2D eigenvalue weighted by molar-refractivity contribution is 5.95. The lowest BCUT2D eigenvalue weighted by molar-refractivity contribution is -0.387. The van der Waals surface area contributed by atoms with Crippen LogP contribution >= 0.6 is 0 Å². The first kappa shape index (κ1) is 19.0. The fourth-order valence-electron chi connectivity index (χ4n) is 2.47. The van der Waals surface area contributed by atoms with E-state index in [0.717, 1.165) is 18.2 Å². The third-order valence-electron chi connectivity index (χ3n) is 3.85. The number of aromatic nitrogens is 1. The van der Waals surface area contributed by atoms with Gasteiger partial charge in [-0.15, -0.1) is 0 Å². The Balaban J connectivity index is 1.61. The van der Waals surface area contributed by atoms with Gasteiger partial charge < -0.3 is 14.6 Å².